The maximum atomic E-state index is 9.22. The molecule has 2 aromatic rings. The highest BCUT2D eigenvalue weighted by atomic mass is 79.9. The molecule has 0 radical (unpaired) electrons. The second-order valence-electron chi connectivity index (χ2n) is 3.91. The summed E-state index contributed by atoms with van der Waals surface area (Å²) in [6.07, 6.45) is 2.05. The summed E-state index contributed by atoms with van der Waals surface area (Å²) in [4.78, 5) is 0. The summed E-state index contributed by atoms with van der Waals surface area (Å²) >= 11 is 3.56. The van der Waals surface area contributed by atoms with Gasteiger partial charge in [-0.25, -0.2) is 0 Å². The van der Waals surface area contributed by atoms with Crippen LogP contribution in [-0.4, -0.2) is 16.3 Å². The number of benzene rings is 1. The van der Waals surface area contributed by atoms with E-state index in [4.69, 9.17) is 0 Å². The summed E-state index contributed by atoms with van der Waals surface area (Å²) in [5.41, 5.74) is 2.39. The third-order valence-electron chi connectivity index (χ3n) is 2.81. The molecule has 0 saturated carbocycles. The van der Waals surface area contributed by atoms with Gasteiger partial charge in [-0.15, -0.1) is 0 Å². The van der Waals surface area contributed by atoms with Crippen molar-refractivity contribution < 1.29 is 5.11 Å². The van der Waals surface area contributed by atoms with Crippen molar-refractivity contribution in [1.82, 2.24) is 4.57 Å². The summed E-state index contributed by atoms with van der Waals surface area (Å²) in [7, 11) is 2.03. The molecule has 0 bridgehead atoms. The largest absolute Gasteiger partial charge is 0.396 e. The van der Waals surface area contributed by atoms with Crippen LogP contribution in [0, 0.1) is 0 Å². The van der Waals surface area contributed by atoms with Crippen molar-refractivity contribution in [3.05, 3.63) is 34.4 Å². The SMILES string of the molecule is CC(CO)c1cccc2c1c(Br)cn2C. The van der Waals surface area contributed by atoms with E-state index in [0.717, 1.165) is 4.47 Å². The quantitative estimate of drug-likeness (QED) is 0.889. The minimum Gasteiger partial charge on any atom is -0.396 e. The summed E-state index contributed by atoms with van der Waals surface area (Å²) in [6.45, 7) is 2.22. The molecular weight excluding hydrogens is 254 g/mol. The van der Waals surface area contributed by atoms with E-state index in [0.29, 0.717) is 0 Å². The number of hydrogen-bond acceptors (Lipinski definition) is 1. The Hall–Kier alpha value is -0.800. The third kappa shape index (κ3) is 1.70. The fourth-order valence-electron chi connectivity index (χ4n) is 1.92. The van der Waals surface area contributed by atoms with Gasteiger partial charge in [-0.2, -0.15) is 0 Å². The van der Waals surface area contributed by atoms with Crippen molar-refractivity contribution in [2.75, 3.05) is 6.61 Å². The highest BCUT2D eigenvalue weighted by Crippen LogP contribution is 2.32. The minimum atomic E-state index is 0.174. The fraction of sp³-hybridized carbons (Fsp3) is 0.333. The lowest BCUT2D eigenvalue weighted by atomic mass is 9.98. The van der Waals surface area contributed by atoms with Gasteiger partial charge in [0.15, 0.2) is 0 Å². The van der Waals surface area contributed by atoms with Crippen LogP contribution in [0.2, 0.25) is 0 Å². The monoisotopic (exact) mass is 267 g/mol. The Morgan fingerprint density at radius 2 is 2.20 bits per heavy atom. The molecule has 0 saturated heterocycles. The van der Waals surface area contributed by atoms with Crippen LogP contribution in [-0.2, 0) is 7.05 Å². The van der Waals surface area contributed by atoms with Gasteiger partial charge in [0.25, 0.3) is 0 Å². The Morgan fingerprint density at radius 1 is 1.47 bits per heavy atom. The van der Waals surface area contributed by atoms with Crippen molar-refractivity contribution >= 4 is 26.8 Å². The normalized spacial score (nSPS) is 13.3. The molecule has 1 aromatic carbocycles. The Labute approximate surface area is 97.7 Å². The standard InChI is InChI=1S/C12H14BrNO/c1-8(7-15)9-4-3-5-11-12(9)10(13)6-14(11)2/h3-6,8,15H,7H2,1-2H3. The summed E-state index contributed by atoms with van der Waals surface area (Å²) in [5.74, 6) is 0.174. The number of nitrogens with zero attached hydrogens (tertiary/aromatic N) is 1. The van der Waals surface area contributed by atoms with E-state index in [-0.39, 0.29) is 12.5 Å². The van der Waals surface area contributed by atoms with Gasteiger partial charge in [-0.3, -0.25) is 0 Å². The number of aromatic nitrogens is 1. The van der Waals surface area contributed by atoms with Crippen molar-refractivity contribution in [2.24, 2.45) is 7.05 Å². The molecule has 2 nitrogen and oxygen atoms in total. The van der Waals surface area contributed by atoms with Gasteiger partial charge in [-0.1, -0.05) is 19.1 Å². The van der Waals surface area contributed by atoms with Crippen LogP contribution >= 0.6 is 15.9 Å². The first-order valence-electron chi connectivity index (χ1n) is 4.99. The number of halogens is 1. The Bertz CT molecular complexity index is 490. The molecule has 3 heteroatoms. The number of aryl methyl sites for hydroxylation is 1. The molecule has 0 fully saturated rings. The van der Waals surface area contributed by atoms with E-state index in [1.54, 1.807) is 0 Å². The van der Waals surface area contributed by atoms with Crippen LogP contribution in [0.5, 0.6) is 0 Å². The van der Waals surface area contributed by atoms with E-state index in [1.165, 1.54) is 16.5 Å². The summed E-state index contributed by atoms with van der Waals surface area (Å²) < 4.78 is 3.18. The van der Waals surface area contributed by atoms with E-state index in [2.05, 4.69) is 38.8 Å². The van der Waals surface area contributed by atoms with Gasteiger partial charge in [0.05, 0.1) is 0 Å². The van der Waals surface area contributed by atoms with E-state index >= 15 is 0 Å². The number of aliphatic hydroxyl groups is 1. The second kappa shape index (κ2) is 3.99. The van der Waals surface area contributed by atoms with Crippen molar-refractivity contribution in [1.29, 1.82) is 0 Å². The lowest BCUT2D eigenvalue weighted by Crippen LogP contribution is -1.99. The van der Waals surface area contributed by atoms with Gasteiger partial charge in [0.1, 0.15) is 0 Å². The first-order chi connectivity index (χ1) is 7.15. The predicted octanol–water partition coefficient (Wildman–Crippen LogP) is 3.04. The smallest absolute Gasteiger partial charge is 0.0497 e. The number of fused-ring (bicyclic) bond motifs is 1. The molecule has 15 heavy (non-hydrogen) atoms. The van der Waals surface area contributed by atoms with Gasteiger partial charge in [-0.05, 0) is 27.6 Å². The first-order valence-corrected chi connectivity index (χ1v) is 5.78. The zero-order chi connectivity index (χ0) is 11.0. The average molecular weight is 268 g/mol. The van der Waals surface area contributed by atoms with Gasteiger partial charge in [0, 0.05) is 41.1 Å². The molecule has 0 spiro atoms. The number of rotatable bonds is 2. The lowest BCUT2D eigenvalue weighted by Gasteiger charge is -2.10. The molecule has 1 heterocycles. The maximum absolute atomic E-state index is 9.22. The molecule has 1 N–H and O–H groups in total. The predicted molar refractivity (Wildman–Crippen MR) is 66.1 cm³/mol. The topological polar surface area (TPSA) is 25.2 Å². The Kier molecular flexibility index (Phi) is 2.85. The zero-order valence-corrected chi connectivity index (χ0v) is 10.5. The van der Waals surface area contributed by atoms with E-state index < -0.39 is 0 Å². The molecule has 1 atom stereocenters. The van der Waals surface area contributed by atoms with Gasteiger partial charge < -0.3 is 9.67 Å². The molecule has 1 unspecified atom stereocenters. The van der Waals surface area contributed by atoms with Gasteiger partial charge >= 0.3 is 0 Å². The number of hydrogen-bond donors (Lipinski definition) is 1. The lowest BCUT2D eigenvalue weighted by molar-refractivity contribution is 0.273. The van der Waals surface area contributed by atoms with Gasteiger partial charge in [0.2, 0.25) is 0 Å². The molecule has 2 rings (SSSR count). The minimum absolute atomic E-state index is 0.174. The molecule has 0 aliphatic heterocycles. The van der Waals surface area contributed by atoms with Crippen molar-refractivity contribution in [2.45, 2.75) is 12.8 Å². The first kappa shape index (κ1) is 10.7. The van der Waals surface area contributed by atoms with Crippen LogP contribution in [0.15, 0.2) is 28.9 Å². The molecule has 80 valence electrons. The average Bonchev–Trinajstić information content (AvgIpc) is 2.54. The molecule has 0 amide bonds. The zero-order valence-electron chi connectivity index (χ0n) is 8.87. The third-order valence-corrected chi connectivity index (χ3v) is 3.41. The van der Waals surface area contributed by atoms with Crippen LogP contribution < -0.4 is 0 Å². The highest BCUT2D eigenvalue weighted by Gasteiger charge is 2.12. The molecule has 0 aliphatic rings. The highest BCUT2D eigenvalue weighted by molar-refractivity contribution is 9.10. The summed E-state index contributed by atoms with van der Waals surface area (Å²) in [5, 5.41) is 10.4. The molecular formula is C12H14BrNO. The van der Waals surface area contributed by atoms with Crippen LogP contribution in [0.3, 0.4) is 0 Å². The van der Waals surface area contributed by atoms with Crippen LogP contribution in [0.1, 0.15) is 18.4 Å². The van der Waals surface area contributed by atoms with Crippen molar-refractivity contribution in [3.8, 4) is 0 Å². The van der Waals surface area contributed by atoms with Crippen molar-refractivity contribution in [3.63, 3.8) is 0 Å². The van der Waals surface area contributed by atoms with Crippen LogP contribution in [0.25, 0.3) is 10.9 Å². The Morgan fingerprint density at radius 3 is 2.87 bits per heavy atom. The molecule has 1 aromatic heterocycles. The fourth-order valence-corrected chi connectivity index (χ4v) is 2.66. The Balaban J connectivity index is 2.75. The second-order valence-corrected chi connectivity index (χ2v) is 4.77. The molecule has 0 aliphatic carbocycles. The van der Waals surface area contributed by atoms with E-state index in [9.17, 15) is 5.11 Å². The number of aliphatic hydroxyl groups excluding tert-OH is 1. The van der Waals surface area contributed by atoms with Crippen LogP contribution in [0.4, 0.5) is 0 Å². The summed E-state index contributed by atoms with van der Waals surface area (Å²) in [6, 6.07) is 6.21. The maximum Gasteiger partial charge on any atom is 0.0497 e. The van der Waals surface area contributed by atoms with E-state index in [1.807, 2.05) is 20.0 Å².